The number of fused-ring (bicyclic) bond motifs is 2. The number of aromatic nitrogens is 1. The van der Waals surface area contributed by atoms with Gasteiger partial charge in [-0.3, -0.25) is 4.98 Å². The zero-order chi connectivity index (χ0) is 18.2. The summed E-state index contributed by atoms with van der Waals surface area (Å²) >= 11 is 0. The Labute approximate surface area is 151 Å². The van der Waals surface area contributed by atoms with Crippen LogP contribution in [0.25, 0.3) is 0 Å². The van der Waals surface area contributed by atoms with Gasteiger partial charge in [-0.25, -0.2) is 0 Å². The quantitative estimate of drug-likeness (QED) is 0.622. The third-order valence-corrected chi connectivity index (χ3v) is 4.97. The monoisotopic (exact) mass is 330 g/mol. The number of benzene rings is 1. The summed E-state index contributed by atoms with van der Waals surface area (Å²) in [5.74, 6) is 0. The molecule has 25 heavy (non-hydrogen) atoms. The standard InChI is InChI=1S/C23H26N2/c1-7-8-12-20(16(2)3)25-21-13-14-24-15-19(21)23(5,6)18-11-9-10-17(4)22(18)25/h7-15H,2H2,1,3-6H3/b8-7-,20-12+. The van der Waals surface area contributed by atoms with Gasteiger partial charge in [0.1, 0.15) is 0 Å². The summed E-state index contributed by atoms with van der Waals surface area (Å²) < 4.78 is 0. The molecule has 0 saturated carbocycles. The predicted molar refractivity (Wildman–Crippen MR) is 107 cm³/mol. The lowest BCUT2D eigenvalue weighted by Gasteiger charge is -2.43. The smallest absolute Gasteiger partial charge is 0.0533 e. The molecule has 1 aliphatic rings. The van der Waals surface area contributed by atoms with Crippen LogP contribution in [0.3, 0.4) is 0 Å². The normalized spacial score (nSPS) is 15.9. The molecule has 1 aromatic carbocycles. The van der Waals surface area contributed by atoms with Crippen LogP contribution >= 0.6 is 0 Å². The second-order valence-corrected chi connectivity index (χ2v) is 7.18. The molecule has 1 aliphatic heterocycles. The van der Waals surface area contributed by atoms with Gasteiger partial charge in [0.05, 0.1) is 11.4 Å². The fraction of sp³-hybridized carbons (Fsp3) is 0.261. The van der Waals surface area contributed by atoms with Crippen LogP contribution in [0.1, 0.15) is 44.4 Å². The number of allylic oxidation sites excluding steroid dienone is 4. The molecule has 2 heterocycles. The van der Waals surface area contributed by atoms with E-state index in [2.05, 4.69) is 80.6 Å². The summed E-state index contributed by atoms with van der Waals surface area (Å²) in [6.45, 7) is 15.1. The van der Waals surface area contributed by atoms with Crippen LogP contribution in [0.4, 0.5) is 11.4 Å². The Morgan fingerprint density at radius 1 is 1.20 bits per heavy atom. The molecule has 2 heteroatoms. The molecule has 0 radical (unpaired) electrons. The second-order valence-electron chi connectivity index (χ2n) is 7.18. The van der Waals surface area contributed by atoms with E-state index in [1.165, 1.54) is 28.1 Å². The van der Waals surface area contributed by atoms with E-state index in [4.69, 9.17) is 0 Å². The summed E-state index contributed by atoms with van der Waals surface area (Å²) in [6, 6.07) is 8.67. The topological polar surface area (TPSA) is 16.1 Å². The van der Waals surface area contributed by atoms with Crippen LogP contribution in [0.5, 0.6) is 0 Å². The summed E-state index contributed by atoms with van der Waals surface area (Å²) in [6.07, 6.45) is 10.1. The molecule has 0 spiro atoms. The molecule has 128 valence electrons. The first-order chi connectivity index (χ1) is 11.9. The molecule has 3 rings (SSSR count). The third kappa shape index (κ3) is 2.72. The largest absolute Gasteiger partial charge is 0.309 e. The maximum absolute atomic E-state index is 4.41. The number of anilines is 2. The number of hydrogen-bond acceptors (Lipinski definition) is 2. The Hall–Kier alpha value is -2.61. The van der Waals surface area contributed by atoms with Crippen molar-refractivity contribution in [2.75, 3.05) is 4.90 Å². The van der Waals surface area contributed by atoms with Crippen molar-refractivity contribution in [1.29, 1.82) is 0 Å². The fourth-order valence-electron chi connectivity index (χ4n) is 3.63. The lowest BCUT2D eigenvalue weighted by atomic mass is 9.73. The zero-order valence-corrected chi connectivity index (χ0v) is 15.8. The van der Waals surface area contributed by atoms with Crippen molar-refractivity contribution in [1.82, 2.24) is 4.98 Å². The van der Waals surface area contributed by atoms with Gasteiger partial charge in [0.15, 0.2) is 0 Å². The van der Waals surface area contributed by atoms with Crippen LogP contribution in [-0.2, 0) is 5.41 Å². The highest BCUT2D eigenvalue weighted by Crippen LogP contribution is 2.51. The Kier molecular flexibility index (Phi) is 4.38. The number of hydrogen-bond donors (Lipinski definition) is 0. The highest BCUT2D eigenvalue weighted by atomic mass is 15.2. The van der Waals surface area contributed by atoms with Gasteiger partial charge in [0.2, 0.25) is 0 Å². The van der Waals surface area contributed by atoms with Gasteiger partial charge in [-0.2, -0.15) is 0 Å². The second kappa shape index (κ2) is 6.36. The van der Waals surface area contributed by atoms with Gasteiger partial charge in [-0.05, 0) is 49.6 Å². The number of para-hydroxylation sites is 1. The fourth-order valence-corrected chi connectivity index (χ4v) is 3.63. The number of rotatable bonds is 3. The molecule has 0 saturated heterocycles. The van der Waals surface area contributed by atoms with Gasteiger partial charge >= 0.3 is 0 Å². The molecular weight excluding hydrogens is 304 g/mol. The summed E-state index contributed by atoms with van der Waals surface area (Å²) in [5, 5.41) is 0. The van der Waals surface area contributed by atoms with E-state index in [-0.39, 0.29) is 5.41 Å². The maximum atomic E-state index is 4.41. The van der Waals surface area contributed by atoms with E-state index in [1.807, 2.05) is 25.4 Å². The third-order valence-electron chi connectivity index (χ3n) is 4.97. The van der Waals surface area contributed by atoms with Crippen molar-refractivity contribution in [2.45, 2.75) is 40.0 Å². The Morgan fingerprint density at radius 2 is 1.96 bits per heavy atom. The number of nitrogens with zero attached hydrogens (tertiary/aromatic N) is 2. The van der Waals surface area contributed by atoms with Gasteiger partial charge in [-0.15, -0.1) is 0 Å². The SMILES string of the molecule is C=C(C)/C(=C\C=C/C)N1c2ccncc2C(C)(C)c2cccc(C)c21. The minimum atomic E-state index is -0.0950. The first-order valence-electron chi connectivity index (χ1n) is 8.73. The first kappa shape index (κ1) is 17.2. The zero-order valence-electron chi connectivity index (χ0n) is 15.8. The predicted octanol–water partition coefficient (Wildman–Crippen LogP) is 6.20. The van der Waals surface area contributed by atoms with Crippen molar-refractivity contribution >= 4 is 11.4 Å². The average molecular weight is 330 g/mol. The minimum Gasteiger partial charge on any atom is -0.309 e. The molecular formula is C23H26N2. The minimum absolute atomic E-state index is 0.0950. The van der Waals surface area contributed by atoms with Gasteiger partial charge in [0, 0.05) is 29.1 Å². The van der Waals surface area contributed by atoms with Crippen molar-refractivity contribution in [3.63, 3.8) is 0 Å². The van der Waals surface area contributed by atoms with Crippen LogP contribution in [0.2, 0.25) is 0 Å². The van der Waals surface area contributed by atoms with Crippen LogP contribution < -0.4 is 4.90 Å². The summed E-state index contributed by atoms with van der Waals surface area (Å²) in [5.41, 5.74) is 8.31. The molecule has 0 bridgehead atoms. The molecule has 0 fully saturated rings. The van der Waals surface area contributed by atoms with Crippen molar-refractivity contribution in [3.05, 3.63) is 89.4 Å². The average Bonchev–Trinajstić information content (AvgIpc) is 2.58. The lowest BCUT2D eigenvalue weighted by molar-refractivity contribution is 0.625. The molecule has 1 aromatic heterocycles. The van der Waals surface area contributed by atoms with Gasteiger partial charge in [-0.1, -0.05) is 50.8 Å². The summed E-state index contributed by atoms with van der Waals surface area (Å²) in [4.78, 5) is 6.75. The van der Waals surface area contributed by atoms with Crippen molar-refractivity contribution < 1.29 is 0 Å². The molecule has 2 aromatic rings. The molecule has 0 amide bonds. The summed E-state index contributed by atoms with van der Waals surface area (Å²) in [7, 11) is 0. The van der Waals surface area contributed by atoms with E-state index in [9.17, 15) is 0 Å². The van der Waals surface area contributed by atoms with Crippen molar-refractivity contribution in [2.24, 2.45) is 0 Å². The number of pyridine rings is 1. The highest BCUT2D eigenvalue weighted by molar-refractivity contribution is 5.83. The number of aryl methyl sites for hydroxylation is 1. The lowest BCUT2D eigenvalue weighted by Crippen LogP contribution is -2.33. The van der Waals surface area contributed by atoms with Crippen LogP contribution in [-0.4, -0.2) is 4.98 Å². The van der Waals surface area contributed by atoms with Crippen molar-refractivity contribution in [3.8, 4) is 0 Å². The Bertz CT molecular complexity index is 885. The van der Waals surface area contributed by atoms with E-state index < -0.39 is 0 Å². The molecule has 2 nitrogen and oxygen atoms in total. The van der Waals surface area contributed by atoms with Crippen LogP contribution in [0.15, 0.2) is 72.7 Å². The van der Waals surface area contributed by atoms with Gasteiger partial charge in [0.25, 0.3) is 0 Å². The van der Waals surface area contributed by atoms with Crippen LogP contribution in [0, 0.1) is 6.92 Å². The molecule has 0 aliphatic carbocycles. The van der Waals surface area contributed by atoms with E-state index in [0.29, 0.717) is 0 Å². The van der Waals surface area contributed by atoms with E-state index >= 15 is 0 Å². The molecule has 0 atom stereocenters. The highest BCUT2D eigenvalue weighted by Gasteiger charge is 2.38. The maximum Gasteiger partial charge on any atom is 0.0533 e. The molecule has 0 N–H and O–H groups in total. The van der Waals surface area contributed by atoms with Gasteiger partial charge < -0.3 is 4.90 Å². The first-order valence-corrected chi connectivity index (χ1v) is 8.73. The Morgan fingerprint density at radius 3 is 2.64 bits per heavy atom. The Balaban J connectivity index is 2.39. The van der Waals surface area contributed by atoms with E-state index in [0.717, 1.165) is 11.3 Å². The molecule has 0 unspecified atom stereocenters. The van der Waals surface area contributed by atoms with E-state index in [1.54, 1.807) is 0 Å².